The van der Waals surface area contributed by atoms with Crippen LogP contribution in [0.4, 0.5) is 51.2 Å². The largest absolute Gasteiger partial charge is 0.311 e. The zero-order valence-electron chi connectivity index (χ0n) is 41.9. The van der Waals surface area contributed by atoms with Crippen LogP contribution < -0.4 is 31.1 Å². The number of aryl methyl sites for hydroxylation is 3. The van der Waals surface area contributed by atoms with Crippen LogP contribution in [-0.4, -0.2) is 6.71 Å². The first kappa shape index (κ1) is 45.2. The van der Waals surface area contributed by atoms with E-state index in [1.54, 1.807) is 0 Å². The van der Waals surface area contributed by atoms with E-state index in [1.165, 1.54) is 81.0 Å². The smallest absolute Gasteiger partial charge is 0.252 e. The Balaban J connectivity index is 1.14. The van der Waals surface area contributed by atoms with Gasteiger partial charge < -0.3 is 14.7 Å². The SMILES string of the molecule is Cc1ccc(N2c3ccc(C)cc3B3c4cc(C(C)(C)C)ccc4N(c4ccc(C)cc4)c4cc(N(c5ccccc5)c5ccc(S(c6ccccc6)(c6ccccc6)c6ccccc6)cc5)cc2c43)cc1. The van der Waals surface area contributed by atoms with Gasteiger partial charge in [-0.1, -0.05) is 159 Å². The molecule has 2 heterocycles. The van der Waals surface area contributed by atoms with Gasteiger partial charge in [0.2, 0.25) is 0 Å². The highest BCUT2D eigenvalue weighted by atomic mass is 32.3. The van der Waals surface area contributed by atoms with Gasteiger partial charge in [0.25, 0.3) is 6.71 Å². The minimum atomic E-state index is -1.89. The number of hydrogen-bond donors (Lipinski definition) is 0. The number of para-hydroxylation sites is 1. The van der Waals surface area contributed by atoms with E-state index in [-0.39, 0.29) is 12.1 Å². The lowest BCUT2D eigenvalue weighted by Crippen LogP contribution is -2.61. The van der Waals surface area contributed by atoms with Crippen molar-refractivity contribution in [3.63, 3.8) is 0 Å². The molecule has 3 nitrogen and oxygen atoms in total. The molecule has 0 saturated carbocycles. The van der Waals surface area contributed by atoms with Gasteiger partial charge in [-0.05, 0) is 169 Å². The van der Waals surface area contributed by atoms with Crippen molar-refractivity contribution in [2.45, 2.75) is 66.5 Å². The summed E-state index contributed by atoms with van der Waals surface area (Å²) in [5.74, 6) is 0. The predicted octanol–water partition coefficient (Wildman–Crippen LogP) is 16.8. The second kappa shape index (κ2) is 18.0. The fourth-order valence-electron chi connectivity index (χ4n) is 11.2. The molecule has 0 atom stereocenters. The van der Waals surface area contributed by atoms with E-state index in [0.29, 0.717) is 0 Å². The summed E-state index contributed by atoms with van der Waals surface area (Å²) in [4.78, 5) is 12.7. The van der Waals surface area contributed by atoms with Gasteiger partial charge in [-0.2, -0.15) is 0 Å². The quantitative estimate of drug-likeness (QED) is 0.134. The fourth-order valence-corrected chi connectivity index (χ4v) is 15.0. The third-order valence-electron chi connectivity index (χ3n) is 14.7. The summed E-state index contributed by atoms with van der Waals surface area (Å²) >= 11 is 0. The Hall–Kier alpha value is -7.99. The molecule has 0 fully saturated rings. The van der Waals surface area contributed by atoms with Crippen LogP contribution in [0.3, 0.4) is 0 Å². The van der Waals surface area contributed by atoms with Gasteiger partial charge in [0.1, 0.15) is 0 Å². The highest BCUT2D eigenvalue weighted by Gasteiger charge is 2.44. The van der Waals surface area contributed by atoms with Crippen molar-refractivity contribution in [2.75, 3.05) is 14.7 Å². The van der Waals surface area contributed by atoms with Crippen molar-refractivity contribution in [1.82, 2.24) is 0 Å². The van der Waals surface area contributed by atoms with Crippen LogP contribution in [0.15, 0.2) is 262 Å². The first-order chi connectivity index (χ1) is 35.1. The van der Waals surface area contributed by atoms with Gasteiger partial charge in [-0.25, -0.2) is 0 Å². The Morgan fingerprint density at radius 2 is 0.764 bits per heavy atom. The maximum absolute atomic E-state index is 2.54. The molecule has 0 saturated heterocycles. The third kappa shape index (κ3) is 7.62. The van der Waals surface area contributed by atoms with Crippen LogP contribution in [0.2, 0.25) is 0 Å². The van der Waals surface area contributed by atoms with Crippen LogP contribution in [0, 0.1) is 20.8 Å². The van der Waals surface area contributed by atoms with Crippen molar-refractivity contribution in [3.05, 3.63) is 265 Å². The number of nitrogens with zero attached hydrogens (tertiary/aromatic N) is 3. The molecular weight excluding hydrogens is 890 g/mol. The molecule has 10 aromatic carbocycles. The molecule has 0 N–H and O–H groups in total. The monoisotopic (exact) mass is 947 g/mol. The number of fused-ring (bicyclic) bond motifs is 4. The molecule has 0 bridgehead atoms. The third-order valence-corrected chi connectivity index (χ3v) is 18.6. The summed E-state index contributed by atoms with van der Waals surface area (Å²) in [6.45, 7) is 13.6. The molecule has 0 aliphatic carbocycles. The molecule has 0 aromatic heterocycles. The Kier molecular flexibility index (Phi) is 11.3. The molecule has 0 spiro atoms. The Bertz CT molecular complexity index is 3460. The molecule has 2 aliphatic rings. The van der Waals surface area contributed by atoms with E-state index in [2.05, 4.69) is 299 Å². The van der Waals surface area contributed by atoms with Gasteiger partial charge in [-0.15, -0.1) is 10.0 Å². The van der Waals surface area contributed by atoms with Crippen molar-refractivity contribution in [1.29, 1.82) is 0 Å². The standard InChI is InChI=1S/C67H58BN3S/c1-47-27-33-53(34-28-47)70-62-41-31-49(3)43-60(62)68-61-44-50(67(4,5)6)32-42-63(61)71(54-35-29-48(2)30-36-54)65-46-55(45-64(70)66(65)68)69(51-19-11-7-12-20-51)52-37-39-59(40-38-52)72(56-21-13-8-14-22-56,57-23-15-9-16-24-57)58-25-17-10-18-26-58/h7-46H,1-6H3. The highest BCUT2D eigenvalue weighted by molar-refractivity contribution is 8.34. The first-order valence-corrected chi connectivity index (χ1v) is 26.8. The molecule has 0 radical (unpaired) electrons. The van der Waals surface area contributed by atoms with Gasteiger partial charge >= 0.3 is 0 Å². The second-order valence-corrected chi connectivity index (χ2v) is 23.6. The molecule has 10 aromatic rings. The summed E-state index contributed by atoms with van der Waals surface area (Å²) in [7, 11) is -1.89. The molecule has 0 amide bonds. The van der Waals surface area contributed by atoms with E-state index in [4.69, 9.17) is 0 Å². The summed E-state index contributed by atoms with van der Waals surface area (Å²) in [5, 5.41) is 0. The van der Waals surface area contributed by atoms with Gasteiger partial charge in [-0.3, -0.25) is 0 Å². The van der Waals surface area contributed by atoms with Gasteiger partial charge in [0.05, 0.1) is 5.69 Å². The topological polar surface area (TPSA) is 9.72 Å². The van der Waals surface area contributed by atoms with E-state index in [1.807, 2.05) is 0 Å². The Morgan fingerprint density at radius 3 is 1.24 bits per heavy atom. The maximum atomic E-state index is 2.54. The van der Waals surface area contributed by atoms with Crippen molar-refractivity contribution < 1.29 is 0 Å². The second-order valence-electron chi connectivity index (χ2n) is 20.5. The molecule has 5 heteroatoms. The molecule has 350 valence electrons. The Morgan fingerprint density at radius 1 is 0.361 bits per heavy atom. The summed E-state index contributed by atoms with van der Waals surface area (Å²) in [5.41, 5.74) is 19.3. The van der Waals surface area contributed by atoms with Crippen molar-refractivity contribution in [2.24, 2.45) is 0 Å². The zero-order valence-corrected chi connectivity index (χ0v) is 42.7. The normalized spacial score (nSPS) is 13.0. The number of benzene rings is 10. The summed E-state index contributed by atoms with van der Waals surface area (Å²) < 4.78 is 0. The van der Waals surface area contributed by atoms with Gasteiger partial charge in [0.15, 0.2) is 0 Å². The lowest BCUT2D eigenvalue weighted by Gasteiger charge is -2.45. The molecule has 0 unspecified atom stereocenters. The van der Waals surface area contributed by atoms with E-state index in [9.17, 15) is 0 Å². The number of hydrogen-bond acceptors (Lipinski definition) is 3. The molecule has 12 rings (SSSR count). The highest BCUT2D eigenvalue weighted by Crippen LogP contribution is 2.73. The lowest BCUT2D eigenvalue weighted by molar-refractivity contribution is 0.591. The minimum absolute atomic E-state index is 0.00540. The minimum Gasteiger partial charge on any atom is -0.311 e. The lowest BCUT2D eigenvalue weighted by atomic mass is 9.33. The zero-order chi connectivity index (χ0) is 49.1. The predicted molar refractivity (Wildman–Crippen MR) is 308 cm³/mol. The van der Waals surface area contributed by atoms with Crippen molar-refractivity contribution in [3.8, 4) is 0 Å². The van der Waals surface area contributed by atoms with E-state index >= 15 is 0 Å². The summed E-state index contributed by atoms with van der Waals surface area (Å²) in [6.07, 6.45) is 0. The number of anilines is 9. The van der Waals surface area contributed by atoms with Crippen LogP contribution in [0.5, 0.6) is 0 Å². The van der Waals surface area contributed by atoms with Crippen LogP contribution >= 0.6 is 10.0 Å². The average Bonchev–Trinajstić information content (AvgIpc) is 3.41. The van der Waals surface area contributed by atoms with Crippen LogP contribution in [-0.2, 0) is 5.41 Å². The van der Waals surface area contributed by atoms with E-state index in [0.717, 1.165) is 28.4 Å². The fraction of sp³-hybridized carbons (Fsp3) is 0.104. The maximum Gasteiger partial charge on any atom is 0.252 e. The van der Waals surface area contributed by atoms with Crippen molar-refractivity contribution >= 4 is 84.3 Å². The first-order valence-electron chi connectivity index (χ1n) is 25.2. The molecule has 2 aliphatic heterocycles. The van der Waals surface area contributed by atoms with Crippen LogP contribution in [0.25, 0.3) is 0 Å². The average molecular weight is 948 g/mol. The van der Waals surface area contributed by atoms with Crippen LogP contribution in [0.1, 0.15) is 43.0 Å². The summed E-state index contributed by atoms with van der Waals surface area (Å²) in [6, 6.07) is 91.2. The molecular formula is C67H58BN3S. The van der Waals surface area contributed by atoms with Gasteiger partial charge in [0, 0.05) is 65.1 Å². The number of rotatable bonds is 9. The molecule has 72 heavy (non-hydrogen) atoms. The Labute approximate surface area is 428 Å². The van der Waals surface area contributed by atoms with E-state index < -0.39 is 10.0 Å².